The SMILES string of the molecule is CNC(=O)C1CN(S(C)(=O)=O)C1[C@H](c1ccc(NC2Cc3ccccc3C2(C)C)cc1)C(F)(F)F. The van der Waals surface area contributed by atoms with Crippen molar-refractivity contribution in [2.45, 2.75) is 49.9 Å². The number of fused-ring (bicyclic) bond motifs is 1. The zero-order chi connectivity index (χ0) is 25.8. The summed E-state index contributed by atoms with van der Waals surface area (Å²) in [5.41, 5.74) is 2.93. The summed E-state index contributed by atoms with van der Waals surface area (Å²) in [5.74, 6) is -3.82. The van der Waals surface area contributed by atoms with Crippen molar-refractivity contribution in [3.05, 3.63) is 65.2 Å². The molecule has 1 amide bonds. The van der Waals surface area contributed by atoms with Crippen LogP contribution in [0.2, 0.25) is 0 Å². The number of anilines is 1. The Bertz CT molecular complexity index is 1210. The van der Waals surface area contributed by atoms with Crippen LogP contribution in [-0.4, -0.2) is 56.7 Å². The maximum atomic E-state index is 14.3. The van der Waals surface area contributed by atoms with Gasteiger partial charge in [-0.05, 0) is 35.2 Å². The fourth-order valence-corrected chi connectivity index (χ4v) is 6.60. The van der Waals surface area contributed by atoms with Crippen LogP contribution >= 0.6 is 0 Å². The van der Waals surface area contributed by atoms with Gasteiger partial charge in [0.05, 0.1) is 24.1 Å². The van der Waals surface area contributed by atoms with Gasteiger partial charge in [0.1, 0.15) is 0 Å². The predicted molar refractivity (Wildman–Crippen MR) is 129 cm³/mol. The number of rotatable bonds is 6. The van der Waals surface area contributed by atoms with Crippen LogP contribution in [0.25, 0.3) is 0 Å². The third kappa shape index (κ3) is 4.65. The molecule has 2 N–H and O–H groups in total. The number of nitrogens with zero attached hydrogens (tertiary/aromatic N) is 1. The first kappa shape index (κ1) is 25.5. The van der Waals surface area contributed by atoms with Crippen LogP contribution in [0.5, 0.6) is 0 Å². The molecule has 0 bridgehead atoms. The molecule has 190 valence electrons. The molecule has 0 saturated carbocycles. The lowest BCUT2D eigenvalue weighted by atomic mass is 9.77. The van der Waals surface area contributed by atoms with Gasteiger partial charge in [0, 0.05) is 30.7 Å². The minimum absolute atomic E-state index is 0.0640. The second-order valence-electron chi connectivity index (χ2n) is 9.97. The average molecular weight is 510 g/mol. The molecule has 1 aliphatic carbocycles. The van der Waals surface area contributed by atoms with Gasteiger partial charge in [-0.1, -0.05) is 50.2 Å². The molecule has 0 aromatic heterocycles. The number of halogens is 3. The first-order valence-electron chi connectivity index (χ1n) is 11.4. The van der Waals surface area contributed by atoms with Crippen LogP contribution in [0.15, 0.2) is 48.5 Å². The van der Waals surface area contributed by atoms with E-state index in [9.17, 15) is 26.4 Å². The van der Waals surface area contributed by atoms with Crippen molar-refractivity contribution in [2.24, 2.45) is 5.92 Å². The zero-order valence-electron chi connectivity index (χ0n) is 20.1. The molecule has 2 aromatic rings. The van der Waals surface area contributed by atoms with Gasteiger partial charge in [-0.3, -0.25) is 4.79 Å². The number of sulfonamides is 1. The summed E-state index contributed by atoms with van der Waals surface area (Å²) in [4.78, 5) is 12.2. The Balaban J connectivity index is 1.61. The Hall–Kier alpha value is -2.59. The van der Waals surface area contributed by atoms with Crippen molar-refractivity contribution in [3.8, 4) is 0 Å². The minimum Gasteiger partial charge on any atom is -0.381 e. The fourth-order valence-electron chi connectivity index (χ4n) is 5.45. The van der Waals surface area contributed by atoms with E-state index in [-0.39, 0.29) is 23.6 Å². The highest BCUT2D eigenvalue weighted by molar-refractivity contribution is 7.88. The first-order chi connectivity index (χ1) is 16.2. The molecule has 2 aliphatic rings. The molecular formula is C25H30F3N3O3S. The van der Waals surface area contributed by atoms with Gasteiger partial charge in [0.15, 0.2) is 0 Å². The fraction of sp³-hybridized carbons (Fsp3) is 0.480. The molecule has 1 heterocycles. The molecule has 3 unspecified atom stereocenters. The Labute approximate surface area is 203 Å². The molecule has 2 aromatic carbocycles. The van der Waals surface area contributed by atoms with E-state index >= 15 is 0 Å². The maximum Gasteiger partial charge on any atom is 0.397 e. The Morgan fingerprint density at radius 1 is 1.11 bits per heavy atom. The lowest BCUT2D eigenvalue weighted by Crippen LogP contribution is -2.66. The van der Waals surface area contributed by atoms with Gasteiger partial charge in [-0.2, -0.15) is 17.5 Å². The second kappa shape index (κ2) is 8.81. The standard InChI is InChI=1S/C25H30F3N3O3S/c1-24(2)19-8-6-5-7-16(19)13-20(24)30-17-11-9-15(10-12-17)21(25(26,27)28)22-18(23(32)29-3)14-31(22)35(4,33)34/h5-12,18,20-22,30H,13-14H2,1-4H3,(H,29,32)/t18?,20?,21-,22?/m0/s1. The van der Waals surface area contributed by atoms with E-state index in [1.54, 1.807) is 12.1 Å². The molecule has 10 heteroatoms. The van der Waals surface area contributed by atoms with Crippen LogP contribution in [-0.2, 0) is 26.7 Å². The molecule has 1 saturated heterocycles. The van der Waals surface area contributed by atoms with E-state index in [2.05, 4.69) is 36.6 Å². The quantitative estimate of drug-likeness (QED) is 0.623. The topological polar surface area (TPSA) is 78.5 Å². The van der Waals surface area contributed by atoms with Crippen LogP contribution in [0.4, 0.5) is 18.9 Å². The van der Waals surface area contributed by atoms with Crippen molar-refractivity contribution in [2.75, 3.05) is 25.2 Å². The van der Waals surface area contributed by atoms with Gasteiger partial charge in [0.25, 0.3) is 0 Å². The lowest BCUT2D eigenvalue weighted by molar-refractivity contribution is -0.178. The normalized spacial score (nSPS) is 24.8. The molecule has 35 heavy (non-hydrogen) atoms. The van der Waals surface area contributed by atoms with E-state index < -0.39 is 40.0 Å². The predicted octanol–water partition coefficient (Wildman–Crippen LogP) is 3.65. The molecule has 1 aliphatic heterocycles. The highest BCUT2D eigenvalue weighted by atomic mass is 32.2. The summed E-state index contributed by atoms with van der Waals surface area (Å²) >= 11 is 0. The van der Waals surface area contributed by atoms with Crippen LogP contribution < -0.4 is 10.6 Å². The molecule has 4 atom stereocenters. The smallest absolute Gasteiger partial charge is 0.381 e. The van der Waals surface area contributed by atoms with E-state index in [1.807, 2.05) is 12.1 Å². The number of alkyl halides is 3. The number of hydrogen-bond acceptors (Lipinski definition) is 4. The molecule has 1 fully saturated rings. The van der Waals surface area contributed by atoms with Crippen molar-refractivity contribution in [1.82, 2.24) is 9.62 Å². The Kier molecular flexibility index (Phi) is 6.42. The van der Waals surface area contributed by atoms with E-state index in [4.69, 9.17) is 0 Å². The molecule has 0 radical (unpaired) electrons. The third-order valence-corrected chi connectivity index (χ3v) is 8.69. The first-order valence-corrected chi connectivity index (χ1v) is 13.3. The van der Waals surface area contributed by atoms with Crippen LogP contribution in [0.3, 0.4) is 0 Å². The van der Waals surface area contributed by atoms with Crippen molar-refractivity contribution < 1.29 is 26.4 Å². The van der Waals surface area contributed by atoms with Gasteiger partial charge < -0.3 is 10.6 Å². The highest BCUT2D eigenvalue weighted by Crippen LogP contribution is 2.47. The van der Waals surface area contributed by atoms with E-state index in [0.717, 1.165) is 17.0 Å². The van der Waals surface area contributed by atoms with Gasteiger partial charge in [0.2, 0.25) is 15.9 Å². The molecule has 4 rings (SSSR count). The van der Waals surface area contributed by atoms with Crippen molar-refractivity contribution in [1.29, 1.82) is 0 Å². The number of benzene rings is 2. The largest absolute Gasteiger partial charge is 0.397 e. The Morgan fingerprint density at radius 3 is 2.29 bits per heavy atom. The van der Waals surface area contributed by atoms with E-state index in [1.165, 1.54) is 30.3 Å². The summed E-state index contributed by atoms with van der Waals surface area (Å²) in [5, 5.41) is 5.81. The minimum atomic E-state index is -4.75. The molecular weight excluding hydrogens is 479 g/mol. The van der Waals surface area contributed by atoms with Gasteiger partial charge in [-0.25, -0.2) is 8.42 Å². The number of nitrogens with one attached hydrogen (secondary N) is 2. The zero-order valence-corrected chi connectivity index (χ0v) is 20.9. The summed E-state index contributed by atoms with van der Waals surface area (Å²) in [6.45, 7) is 4.01. The lowest BCUT2D eigenvalue weighted by Gasteiger charge is -2.49. The van der Waals surface area contributed by atoms with Crippen LogP contribution in [0, 0.1) is 5.92 Å². The average Bonchev–Trinajstić information content (AvgIpc) is 3.00. The number of carbonyl (C=O) groups is 1. The highest BCUT2D eigenvalue weighted by Gasteiger charge is 2.59. The second-order valence-corrected chi connectivity index (χ2v) is 11.9. The number of carbonyl (C=O) groups excluding carboxylic acids is 1. The summed E-state index contributed by atoms with van der Waals surface area (Å²) in [7, 11) is -2.60. The number of amides is 1. The Morgan fingerprint density at radius 2 is 1.74 bits per heavy atom. The van der Waals surface area contributed by atoms with E-state index in [0.29, 0.717) is 5.69 Å². The van der Waals surface area contributed by atoms with Gasteiger partial charge in [-0.15, -0.1) is 0 Å². The van der Waals surface area contributed by atoms with Crippen LogP contribution in [0.1, 0.15) is 36.5 Å². The summed E-state index contributed by atoms with van der Waals surface area (Å²) < 4.78 is 68.0. The third-order valence-electron chi connectivity index (χ3n) is 7.44. The summed E-state index contributed by atoms with van der Waals surface area (Å²) in [6.07, 6.45) is -3.08. The molecule has 0 spiro atoms. The molecule has 6 nitrogen and oxygen atoms in total. The maximum absolute atomic E-state index is 14.3. The monoisotopic (exact) mass is 509 g/mol. The summed E-state index contributed by atoms with van der Waals surface area (Å²) in [6, 6.07) is 12.6. The van der Waals surface area contributed by atoms with Gasteiger partial charge >= 0.3 is 6.18 Å². The van der Waals surface area contributed by atoms with Crippen molar-refractivity contribution >= 4 is 21.6 Å². The number of hydrogen-bond donors (Lipinski definition) is 2. The van der Waals surface area contributed by atoms with Crippen molar-refractivity contribution in [3.63, 3.8) is 0 Å².